The first-order chi connectivity index (χ1) is 2.50. The van der Waals surface area contributed by atoms with Crippen molar-refractivity contribution in [3.05, 3.63) is 0 Å². The zero-order valence-corrected chi connectivity index (χ0v) is 4.64. The number of hydrogen-bond donors (Lipinski definition) is 1. The maximum absolute atomic E-state index is 3.21. The van der Waals surface area contributed by atoms with Gasteiger partial charge in [-0.15, -0.1) is 11.4 Å². The molecule has 1 N–H and O–H groups in total. The first kappa shape index (κ1) is 3.91. The maximum Gasteiger partial charge on any atom is 0.0113 e. The Morgan fingerprint density at radius 1 is 1.80 bits per heavy atom. The van der Waals surface area contributed by atoms with Gasteiger partial charge in [-0.05, 0) is 0 Å². The molecule has 0 amide bonds. The zero-order valence-electron chi connectivity index (χ0n) is 2.82. The van der Waals surface area contributed by atoms with E-state index >= 15 is 0 Å². The largest absolute Gasteiger partial charge is 0.289 e. The van der Waals surface area contributed by atoms with Crippen molar-refractivity contribution in [2.24, 2.45) is 0 Å². The van der Waals surface area contributed by atoms with Crippen LogP contribution in [0, 0.1) is 0 Å². The first-order valence-electron chi connectivity index (χ1n) is 1.60. The summed E-state index contributed by atoms with van der Waals surface area (Å²) in [6.07, 6.45) is 0. The molecule has 1 atom stereocenters. The normalized spacial score (nSPS) is 28.8. The van der Waals surface area contributed by atoms with Gasteiger partial charge in [0.2, 0.25) is 0 Å². The van der Waals surface area contributed by atoms with Gasteiger partial charge in [-0.25, -0.2) is 0 Å². The van der Waals surface area contributed by atoms with Crippen molar-refractivity contribution >= 4 is 19.3 Å². The van der Waals surface area contributed by atoms with Crippen LogP contribution in [0.3, 0.4) is 0 Å². The van der Waals surface area contributed by atoms with Gasteiger partial charge in [-0.3, -0.25) is 5.09 Å². The summed E-state index contributed by atoms with van der Waals surface area (Å²) >= 11 is 1.99. The molecule has 30 valence electrons. The molecule has 0 saturated carbocycles. The molecule has 0 aromatic carbocycles. The number of nitrogens with one attached hydrogen (secondary N) is 1. The van der Waals surface area contributed by atoms with E-state index < -0.39 is 0 Å². The lowest BCUT2D eigenvalue weighted by molar-refractivity contribution is 1.07. The van der Waals surface area contributed by atoms with Crippen LogP contribution < -0.4 is 5.09 Å². The molecule has 1 aliphatic heterocycles. The molecule has 1 fully saturated rings. The van der Waals surface area contributed by atoms with Gasteiger partial charge in [0.25, 0.3) is 0 Å². The standard InChI is InChI=1S/C2H6NPS/c1-2-5-4-3-1/h3-4H,1-2H2. The van der Waals surface area contributed by atoms with E-state index in [1.165, 1.54) is 12.3 Å². The van der Waals surface area contributed by atoms with Crippen LogP contribution in [0.25, 0.3) is 0 Å². The van der Waals surface area contributed by atoms with Crippen molar-refractivity contribution in [3.8, 4) is 0 Å². The second kappa shape index (κ2) is 2.01. The van der Waals surface area contributed by atoms with Crippen molar-refractivity contribution in [2.75, 3.05) is 12.3 Å². The monoisotopic (exact) mass is 107 g/mol. The predicted molar refractivity (Wildman–Crippen MR) is 28.8 cm³/mol. The summed E-state index contributed by atoms with van der Waals surface area (Å²) in [7, 11) is 0.975. The highest BCUT2D eigenvalue weighted by Crippen LogP contribution is 2.28. The lowest BCUT2D eigenvalue weighted by Crippen LogP contribution is -1.94. The van der Waals surface area contributed by atoms with Crippen molar-refractivity contribution in [2.45, 2.75) is 0 Å². The highest BCUT2D eigenvalue weighted by molar-refractivity contribution is 8.49. The molecule has 1 nitrogen and oxygen atoms in total. The van der Waals surface area contributed by atoms with E-state index in [-0.39, 0.29) is 0 Å². The van der Waals surface area contributed by atoms with E-state index in [9.17, 15) is 0 Å². The molecule has 0 aromatic rings. The average Bonchev–Trinajstić information content (AvgIpc) is 1.76. The van der Waals surface area contributed by atoms with Crippen LogP contribution in [-0.2, 0) is 0 Å². The third-order valence-corrected chi connectivity index (χ3v) is 2.90. The Balaban J connectivity index is 2.08. The Kier molecular flexibility index (Phi) is 1.58. The van der Waals surface area contributed by atoms with Crippen molar-refractivity contribution in [1.82, 2.24) is 5.09 Å². The van der Waals surface area contributed by atoms with Crippen molar-refractivity contribution in [1.29, 1.82) is 0 Å². The SMILES string of the molecule is C1CSPN1. The van der Waals surface area contributed by atoms with Gasteiger partial charge >= 0.3 is 0 Å². The molecule has 1 unspecified atom stereocenters. The zero-order chi connectivity index (χ0) is 3.54. The van der Waals surface area contributed by atoms with Gasteiger partial charge < -0.3 is 0 Å². The topological polar surface area (TPSA) is 12.0 Å². The van der Waals surface area contributed by atoms with E-state index in [0.29, 0.717) is 0 Å². The fraction of sp³-hybridized carbons (Fsp3) is 1.00. The van der Waals surface area contributed by atoms with Crippen LogP contribution in [0.2, 0.25) is 0 Å². The third-order valence-electron chi connectivity index (χ3n) is 0.473. The molecule has 3 heteroatoms. The van der Waals surface area contributed by atoms with Gasteiger partial charge in [-0.1, -0.05) is 0 Å². The van der Waals surface area contributed by atoms with Gasteiger partial charge in [0.05, 0.1) is 0 Å². The van der Waals surface area contributed by atoms with Crippen molar-refractivity contribution in [3.63, 3.8) is 0 Å². The fourth-order valence-corrected chi connectivity index (χ4v) is 2.30. The van der Waals surface area contributed by atoms with E-state index in [0.717, 1.165) is 7.93 Å². The van der Waals surface area contributed by atoms with Gasteiger partial charge in [-0.2, -0.15) is 0 Å². The molecule has 0 spiro atoms. The highest BCUT2D eigenvalue weighted by atomic mass is 32.7. The summed E-state index contributed by atoms with van der Waals surface area (Å²) < 4.78 is 0. The van der Waals surface area contributed by atoms with Crippen LogP contribution >= 0.6 is 19.3 Å². The van der Waals surface area contributed by atoms with Gasteiger partial charge in [0.1, 0.15) is 0 Å². The Morgan fingerprint density at radius 3 is 3.00 bits per heavy atom. The van der Waals surface area contributed by atoms with Gasteiger partial charge in [0, 0.05) is 20.2 Å². The smallest absolute Gasteiger partial charge is 0.0113 e. The predicted octanol–water partition coefficient (Wildman–Crippen LogP) is 0.831. The van der Waals surface area contributed by atoms with E-state index in [1.807, 2.05) is 11.4 Å². The molecule has 0 aromatic heterocycles. The summed E-state index contributed by atoms with van der Waals surface area (Å²) in [6, 6.07) is 0. The molecule has 5 heavy (non-hydrogen) atoms. The summed E-state index contributed by atoms with van der Waals surface area (Å²) in [6.45, 7) is 1.23. The minimum absolute atomic E-state index is 0.975. The minimum Gasteiger partial charge on any atom is -0.289 e. The van der Waals surface area contributed by atoms with Crippen molar-refractivity contribution < 1.29 is 0 Å². The summed E-state index contributed by atoms with van der Waals surface area (Å²) in [5, 5.41) is 3.21. The Bertz CT molecular complexity index is 21.2. The van der Waals surface area contributed by atoms with E-state index in [4.69, 9.17) is 0 Å². The summed E-state index contributed by atoms with van der Waals surface area (Å²) in [4.78, 5) is 0. The molecular weight excluding hydrogens is 101 g/mol. The quantitative estimate of drug-likeness (QED) is 0.460. The molecule has 1 saturated heterocycles. The fourth-order valence-electron chi connectivity index (χ4n) is 0.255. The second-order valence-corrected chi connectivity index (χ2v) is 3.61. The maximum atomic E-state index is 3.21. The van der Waals surface area contributed by atoms with Gasteiger partial charge in [0.15, 0.2) is 0 Å². The van der Waals surface area contributed by atoms with Crippen LogP contribution in [0.4, 0.5) is 0 Å². The molecule has 1 heterocycles. The molecule has 0 bridgehead atoms. The second-order valence-electron chi connectivity index (χ2n) is 0.877. The summed E-state index contributed by atoms with van der Waals surface area (Å²) in [5.41, 5.74) is 0. The first-order valence-corrected chi connectivity index (χ1v) is 4.31. The lowest BCUT2D eigenvalue weighted by Gasteiger charge is -1.74. The Morgan fingerprint density at radius 2 is 2.80 bits per heavy atom. The summed E-state index contributed by atoms with van der Waals surface area (Å²) in [5.74, 6) is 1.32. The highest BCUT2D eigenvalue weighted by Gasteiger charge is 1.93. The van der Waals surface area contributed by atoms with E-state index in [1.54, 1.807) is 0 Å². The molecular formula is C2H6NPS. The van der Waals surface area contributed by atoms with Crippen LogP contribution in [0.15, 0.2) is 0 Å². The number of rotatable bonds is 0. The molecule has 0 radical (unpaired) electrons. The van der Waals surface area contributed by atoms with E-state index in [2.05, 4.69) is 5.09 Å². The van der Waals surface area contributed by atoms with Crippen LogP contribution in [0.5, 0.6) is 0 Å². The van der Waals surface area contributed by atoms with Crippen LogP contribution in [0.1, 0.15) is 0 Å². The lowest BCUT2D eigenvalue weighted by atomic mass is 10.8. The Labute approximate surface area is 37.5 Å². The Hall–Kier alpha value is 0.740. The van der Waals surface area contributed by atoms with Crippen LogP contribution in [-0.4, -0.2) is 12.3 Å². The molecule has 1 rings (SSSR count). The average molecular weight is 107 g/mol. The minimum atomic E-state index is 0.975. The number of hydrogen-bond acceptors (Lipinski definition) is 2. The molecule has 0 aliphatic carbocycles. The third kappa shape index (κ3) is 1.08. The molecule has 1 aliphatic rings.